The Balaban J connectivity index is 1.24. The van der Waals surface area contributed by atoms with Crippen molar-refractivity contribution in [2.75, 3.05) is 26.1 Å². The van der Waals surface area contributed by atoms with Gasteiger partial charge in [0.2, 0.25) is 5.60 Å². The predicted octanol–water partition coefficient (Wildman–Crippen LogP) is 8.01. The summed E-state index contributed by atoms with van der Waals surface area (Å²) in [5, 5.41) is 45.4. The van der Waals surface area contributed by atoms with Crippen LogP contribution in [0.15, 0.2) is 36.7 Å². The number of nitrogens with two attached hydrogens (primary N) is 1. The third kappa shape index (κ3) is 14.0. The van der Waals surface area contributed by atoms with Crippen LogP contribution in [0.25, 0.3) is 5.52 Å². The molecule has 320 valence electrons. The van der Waals surface area contributed by atoms with Crippen molar-refractivity contribution < 1.29 is 42.9 Å². The molecule has 58 heavy (non-hydrogen) atoms. The number of benzene rings is 1. The van der Waals surface area contributed by atoms with Gasteiger partial charge in [0.15, 0.2) is 5.82 Å². The quantitative estimate of drug-likeness (QED) is 0.0384. The second-order valence-electron chi connectivity index (χ2n) is 15.2. The number of hydrogen-bond acceptors (Lipinski definition) is 13. The molecule has 3 aromatic rings. The molecule has 6 atom stereocenters. The lowest BCUT2D eigenvalue weighted by molar-refractivity contribution is -0.0763. The van der Waals surface area contributed by atoms with Crippen molar-refractivity contribution in [1.82, 2.24) is 14.6 Å². The number of phosphoric ester groups is 1. The molecule has 3 heterocycles. The zero-order valence-electron chi connectivity index (χ0n) is 34.2. The Bertz CT molecular complexity index is 1820. The summed E-state index contributed by atoms with van der Waals surface area (Å²) in [5.41, 5.74) is 5.54. The van der Waals surface area contributed by atoms with Crippen molar-refractivity contribution in [3.05, 3.63) is 53.5 Å². The molecule has 0 bridgehead atoms. The van der Waals surface area contributed by atoms with Gasteiger partial charge in [-0.1, -0.05) is 122 Å². The molecule has 0 amide bonds. The second-order valence-corrected chi connectivity index (χ2v) is 16.7. The highest BCUT2D eigenvalue weighted by atomic mass is 31.2. The fraction of sp³-hybridized carbons (Fsp3) is 0.667. The van der Waals surface area contributed by atoms with Crippen molar-refractivity contribution in [1.29, 1.82) is 10.5 Å². The van der Waals surface area contributed by atoms with E-state index in [1.165, 1.54) is 101 Å². The Labute approximate surface area is 343 Å². The number of nitrogen functional groups attached to an aromatic ring is 1. The lowest BCUT2D eigenvalue weighted by Crippen LogP contribution is -2.45. The van der Waals surface area contributed by atoms with Gasteiger partial charge in [-0.2, -0.15) is 15.6 Å². The Morgan fingerprint density at radius 2 is 1.55 bits per heavy atom. The van der Waals surface area contributed by atoms with Crippen molar-refractivity contribution in [2.45, 2.75) is 159 Å². The summed E-state index contributed by atoms with van der Waals surface area (Å²) in [7, 11) is -3.34. The maximum absolute atomic E-state index is 13.2. The average Bonchev–Trinajstić information content (AvgIpc) is 3.77. The molecule has 0 saturated carbocycles. The van der Waals surface area contributed by atoms with Gasteiger partial charge in [0, 0.05) is 0 Å². The number of methoxy groups -OCH3 is 1. The summed E-state index contributed by atoms with van der Waals surface area (Å²) < 4.78 is 42.5. The first-order valence-corrected chi connectivity index (χ1v) is 22.4. The first-order chi connectivity index (χ1) is 28.1. The fourth-order valence-electron chi connectivity index (χ4n) is 7.31. The van der Waals surface area contributed by atoms with Gasteiger partial charge in [0.25, 0.3) is 0 Å². The molecule has 1 aliphatic rings. The van der Waals surface area contributed by atoms with Gasteiger partial charge in [0.05, 0.1) is 37.7 Å². The number of fused-ring (bicyclic) bond motifs is 1. The molecule has 1 aliphatic heterocycles. The van der Waals surface area contributed by atoms with Crippen molar-refractivity contribution in [3.63, 3.8) is 0 Å². The van der Waals surface area contributed by atoms with Gasteiger partial charge in [-0.15, -0.1) is 0 Å². The van der Waals surface area contributed by atoms with E-state index in [1.54, 1.807) is 30.3 Å². The monoisotopic (exact) mass is 826 g/mol. The molecular weight excluding hydrogens is 763 g/mol. The molecule has 5 N–H and O–H groups in total. The molecule has 15 nitrogen and oxygen atoms in total. The van der Waals surface area contributed by atoms with Crippen LogP contribution >= 0.6 is 7.82 Å². The van der Waals surface area contributed by atoms with Crippen LogP contribution in [0.5, 0.6) is 5.75 Å². The Morgan fingerprint density at radius 3 is 2.14 bits per heavy atom. The van der Waals surface area contributed by atoms with E-state index in [2.05, 4.69) is 23.1 Å². The van der Waals surface area contributed by atoms with E-state index in [1.807, 2.05) is 6.07 Å². The predicted molar refractivity (Wildman–Crippen MR) is 218 cm³/mol. The summed E-state index contributed by atoms with van der Waals surface area (Å²) in [6, 6.07) is 12.2. The second kappa shape index (κ2) is 24.5. The summed E-state index contributed by atoms with van der Waals surface area (Å²) in [5.74, 6) is 0.585. The van der Waals surface area contributed by atoms with Gasteiger partial charge in [-0.25, -0.2) is 14.1 Å². The molecule has 1 saturated heterocycles. The number of ether oxygens (including phenoxy) is 3. The lowest BCUT2D eigenvalue weighted by atomic mass is 9.96. The molecule has 4 rings (SSSR count). The van der Waals surface area contributed by atoms with Crippen LogP contribution < -0.4 is 10.5 Å². The van der Waals surface area contributed by atoms with Crippen LogP contribution in [0.3, 0.4) is 0 Å². The highest BCUT2D eigenvalue weighted by molar-refractivity contribution is 7.47. The minimum absolute atomic E-state index is 0.132. The van der Waals surface area contributed by atoms with E-state index in [0.29, 0.717) is 23.3 Å². The minimum Gasteiger partial charge on any atom is -0.495 e. The topological polar surface area (TPSA) is 228 Å². The third-order valence-electron chi connectivity index (χ3n) is 10.8. The van der Waals surface area contributed by atoms with E-state index in [-0.39, 0.29) is 24.7 Å². The largest absolute Gasteiger partial charge is 0.495 e. The Morgan fingerprint density at radius 1 is 0.931 bits per heavy atom. The zero-order valence-corrected chi connectivity index (χ0v) is 35.1. The lowest BCUT2D eigenvalue weighted by Gasteiger charge is -2.26. The third-order valence-corrected chi connectivity index (χ3v) is 11.7. The standard InChI is InChI=1S/C42H63N6O9P/c1-3-4-5-6-7-8-9-10-11-12-13-14-15-16-17-18-19-20-34(54-27-32-21-22-33(26-43)37(25-32)53-2)28-55-58(51,52)56-30-42(29-44)40(50)38(49)39(57-42)35-23-24-36-41(45)46-31-47-48(35)36/h21-25,31,34,38-40,49-50H,3-20,27-28,30H2,1-2H3,(H,51,52)(H2,45,46,47)/t34-,38+,39+,40+,42-/m1/s1. The maximum atomic E-state index is 13.2. The number of aliphatic hydroxyl groups excluding tert-OH is 2. The van der Waals surface area contributed by atoms with Crippen LogP contribution in [0.2, 0.25) is 0 Å². The molecule has 2 aromatic heterocycles. The Kier molecular flexibility index (Phi) is 19.8. The number of anilines is 1. The minimum atomic E-state index is -4.82. The normalized spacial score (nSPS) is 20.8. The van der Waals surface area contributed by atoms with E-state index in [0.717, 1.165) is 31.2 Å². The number of nitrogens with zero attached hydrogens (tertiary/aromatic N) is 5. The summed E-state index contributed by atoms with van der Waals surface area (Å²) in [6.45, 7) is 1.20. The van der Waals surface area contributed by atoms with Gasteiger partial charge in [-0.05, 0) is 36.2 Å². The number of nitriles is 2. The number of aliphatic hydroxyl groups is 2. The zero-order chi connectivity index (χ0) is 41.8. The average molecular weight is 827 g/mol. The molecule has 0 aliphatic carbocycles. The van der Waals surface area contributed by atoms with Crippen LogP contribution in [-0.4, -0.2) is 73.9 Å². The summed E-state index contributed by atoms with van der Waals surface area (Å²) in [6.07, 6.45) is 17.7. The molecule has 0 spiro atoms. The number of aromatic nitrogens is 3. The molecular formula is C42H63N6O9P. The van der Waals surface area contributed by atoms with Crippen LogP contribution in [-0.2, 0) is 29.7 Å². The molecule has 16 heteroatoms. The summed E-state index contributed by atoms with van der Waals surface area (Å²) >= 11 is 0. The molecule has 0 radical (unpaired) electrons. The Hall–Kier alpha value is -3.63. The number of hydrogen-bond donors (Lipinski definition) is 4. The van der Waals surface area contributed by atoms with Gasteiger partial charge >= 0.3 is 7.82 Å². The van der Waals surface area contributed by atoms with Crippen molar-refractivity contribution >= 4 is 19.2 Å². The molecule has 1 unspecified atom stereocenters. The first-order valence-electron chi connectivity index (χ1n) is 20.9. The molecule has 1 aromatic carbocycles. The van der Waals surface area contributed by atoms with E-state index in [9.17, 15) is 30.2 Å². The summed E-state index contributed by atoms with van der Waals surface area (Å²) in [4.78, 5) is 14.6. The highest BCUT2D eigenvalue weighted by Crippen LogP contribution is 2.48. The number of phosphoric acid groups is 1. The van der Waals surface area contributed by atoms with E-state index >= 15 is 0 Å². The van der Waals surface area contributed by atoms with Gasteiger partial charge in [-0.3, -0.25) is 9.05 Å². The smallest absolute Gasteiger partial charge is 0.472 e. The van der Waals surface area contributed by atoms with Crippen LogP contribution in [0.1, 0.15) is 145 Å². The van der Waals surface area contributed by atoms with Gasteiger partial charge in [0.1, 0.15) is 54.7 Å². The number of rotatable bonds is 29. The van der Waals surface area contributed by atoms with Gasteiger partial charge < -0.3 is 35.1 Å². The molecule has 1 fully saturated rings. The fourth-order valence-corrected chi connectivity index (χ4v) is 8.10. The van der Waals surface area contributed by atoms with E-state index in [4.69, 9.17) is 29.0 Å². The van der Waals surface area contributed by atoms with Crippen molar-refractivity contribution in [2.24, 2.45) is 0 Å². The van der Waals surface area contributed by atoms with Crippen LogP contribution in [0, 0.1) is 22.7 Å². The SMILES string of the molecule is CCCCCCCCCCCCCCCCCCC[C@H](COP(=O)(O)OC[C@@]1(C#N)O[C@@H](c2ccc3c(N)ncnn23)[C@H](O)[C@@H]1O)OCc1ccc(C#N)c(OC)c1. The van der Waals surface area contributed by atoms with Crippen molar-refractivity contribution in [3.8, 4) is 17.9 Å². The van der Waals surface area contributed by atoms with E-state index < -0.39 is 44.4 Å². The number of unbranched alkanes of at least 4 members (excludes halogenated alkanes) is 16. The maximum Gasteiger partial charge on any atom is 0.472 e. The first kappa shape index (κ1) is 47.1. The van der Waals surface area contributed by atoms with Crippen LogP contribution in [0.4, 0.5) is 5.82 Å². The highest BCUT2D eigenvalue weighted by Gasteiger charge is 2.57.